The van der Waals surface area contributed by atoms with E-state index < -0.39 is 0 Å². The molecule has 0 aromatic rings. The van der Waals surface area contributed by atoms with Gasteiger partial charge in [0.1, 0.15) is 0 Å². The zero-order valence-electron chi connectivity index (χ0n) is 5.22. The van der Waals surface area contributed by atoms with E-state index >= 15 is 0 Å². The molecule has 0 N–H and O–H groups in total. The molecular weight excluding hydrogens is 98.1 g/mol. The summed E-state index contributed by atoms with van der Waals surface area (Å²) in [6.07, 6.45) is 5.24. The van der Waals surface area contributed by atoms with E-state index in [-0.39, 0.29) is 0 Å². The maximum atomic E-state index is 3.84. The molecule has 0 aliphatic carbocycles. The summed E-state index contributed by atoms with van der Waals surface area (Å²) in [7, 11) is 2.07. The van der Waals surface area contributed by atoms with Gasteiger partial charge in [0.2, 0.25) is 0 Å². The molecule has 0 bridgehead atoms. The number of hydrogen-bond donors (Lipinski definition) is 0. The largest absolute Gasteiger partial charge is 0.380 e. The molecule has 0 saturated heterocycles. The van der Waals surface area contributed by atoms with Crippen LogP contribution in [0, 0.1) is 0 Å². The van der Waals surface area contributed by atoms with Crippen LogP contribution in [0.1, 0.15) is 6.42 Å². The Morgan fingerprint density at radius 1 is 1.75 bits per heavy atom. The lowest BCUT2D eigenvalue weighted by atomic mass is 10.1. The average molecular weight is 109 g/mol. The highest BCUT2D eigenvalue weighted by Gasteiger charge is 1.98. The summed E-state index contributed by atoms with van der Waals surface area (Å²) in [5.41, 5.74) is 1.24. The lowest BCUT2D eigenvalue weighted by Gasteiger charge is -2.18. The van der Waals surface area contributed by atoms with E-state index in [4.69, 9.17) is 0 Å². The van der Waals surface area contributed by atoms with Crippen molar-refractivity contribution < 1.29 is 0 Å². The first-order valence-electron chi connectivity index (χ1n) is 2.85. The Hall–Kier alpha value is -0.720. The van der Waals surface area contributed by atoms with Crippen LogP contribution in [0.4, 0.5) is 0 Å². The third-order valence-corrected chi connectivity index (χ3v) is 1.35. The van der Waals surface area contributed by atoms with Crippen LogP contribution in [0.3, 0.4) is 0 Å². The Labute approximate surface area is 50.3 Å². The predicted molar refractivity (Wildman–Crippen MR) is 35.5 cm³/mol. The second-order valence-corrected chi connectivity index (χ2v) is 2.20. The van der Waals surface area contributed by atoms with Gasteiger partial charge in [-0.05, 0) is 18.7 Å². The van der Waals surface area contributed by atoms with Crippen LogP contribution < -0.4 is 0 Å². The number of nitrogens with zero attached hydrogens (tertiary/aromatic N) is 1. The summed E-state index contributed by atoms with van der Waals surface area (Å²) in [4.78, 5) is 2.16. The highest BCUT2D eigenvalue weighted by Crippen LogP contribution is 2.07. The standard InChI is InChI=1S/C7H11N/c1-7-3-5-8(2)6-4-7/h3,5H,1,4,6H2,2H3. The van der Waals surface area contributed by atoms with Gasteiger partial charge in [-0.1, -0.05) is 12.2 Å². The molecule has 1 rings (SSSR count). The first kappa shape index (κ1) is 5.42. The molecule has 1 nitrogen and oxygen atoms in total. The summed E-state index contributed by atoms with van der Waals surface area (Å²) in [5.74, 6) is 0. The zero-order valence-corrected chi connectivity index (χ0v) is 5.22. The summed E-state index contributed by atoms with van der Waals surface area (Å²) < 4.78 is 0. The Morgan fingerprint density at radius 3 is 2.88 bits per heavy atom. The van der Waals surface area contributed by atoms with E-state index in [1.807, 2.05) is 0 Å². The van der Waals surface area contributed by atoms with E-state index in [1.165, 1.54) is 5.57 Å². The van der Waals surface area contributed by atoms with Crippen molar-refractivity contribution in [2.24, 2.45) is 0 Å². The average Bonchev–Trinajstić information content (AvgIpc) is 1.77. The van der Waals surface area contributed by atoms with Crippen LogP contribution in [-0.2, 0) is 0 Å². The summed E-state index contributed by atoms with van der Waals surface area (Å²) in [5, 5.41) is 0. The van der Waals surface area contributed by atoms with Crippen LogP contribution in [0.15, 0.2) is 24.4 Å². The minimum absolute atomic E-state index is 1.12. The van der Waals surface area contributed by atoms with Crippen molar-refractivity contribution in [2.45, 2.75) is 6.42 Å². The lowest BCUT2D eigenvalue weighted by molar-refractivity contribution is 0.449. The quantitative estimate of drug-likeness (QED) is 0.454. The van der Waals surface area contributed by atoms with Crippen molar-refractivity contribution in [1.82, 2.24) is 4.90 Å². The van der Waals surface area contributed by atoms with Gasteiger partial charge in [0, 0.05) is 13.6 Å². The zero-order chi connectivity index (χ0) is 5.98. The Morgan fingerprint density at radius 2 is 2.50 bits per heavy atom. The number of hydrogen-bond acceptors (Lipinski definition) is 1. The monoisotopic (exact) mass is 109 g/mol. The van der Waals surface area contributed by atoms with Crippen LogP contribution in [0.25, 0.3) is 0 Å². The maximum Gasteiger partial charge on any atom is 0.0209 e. The van der Waals surface area contributed by atoms with Crippen LogP contribution in [0.5, 0.6) is 0 Å². The molecule has 0 radical (unpaired) electrons. The van der Waals surface area contributed by atoms with Crippen molar-refractivity contribution in [3.8, 4) is 0 Å². The fourth-order valence-electron chi connectivity index (χ4n) is 0.710. The number of allylic oxidation sites excluding steroid dienone is 1. The van der Waals surface area contributed by atoms with Crippen LogP contribution in [0.2, 0.25) is 0 Å². The molecule has 1 aliphatic heterocycles. The molecule has 1 heteroatoms. The van der Waals surface area contributed by atoms with Gasteiger partial charge in [0.05, 0.1) is 0 Å². The molecule has 44 valence electrons. The topological polar surface area (TPSA) is 3.24 Å². The van der Waals surface area contributed by atoms with E-state index in [0.717, 1.165) is 13.0 Å². The van der Waals surface area contributed by atoms with Crippen molar-refractivity contribution in [1.29, 1.82) is 0 Å². The molecule has 1 aliphatic rings. The predicted octanol–water partition coefficient (Wildman–Crippen LogP) is 1.39. The lowest BCUT2D eigenvalue weighted by Crippen LogP contribution is -2.15. The fraction of sp³-hybridized carbons (Fsp3) is 0.429. The van der Waals surface area contributed by atoms with Crippen molar-refractivity contribution in [3.05, 3.63) is 24.4 Å². The highest BCUT2D eigenvalue weighted by atomic mass is 15.1. The molecule has 0 aromatic heterocycles. The second kappa shape index (κ2) is 2.03. The van der Waals surface area contributed by atoms with Crippen LogP contribution in [-0.4, -0.2) is 18.5 Å². The molecule has 1 heterocycles. The third-order valence-electron chi connectivity index (χ3n) is 1.35. The Kier molecular flexibility index (Phi) is 1.38. The Balaban J connectivity index is 2.55. The third kappa shape index (κ3) is 1.12. The maximum absolute atomic E-state index is 3.84. The molecule has 0 spiro atoms. The van der Waals surface area contributed by atoms with Gasteiger partial charge in [-0.15, -0.1) is 0 Å². The smallest absolute Gasteiger partial charge is 0.0209 e. The first-order valence-corrected chi connectivity index (χ1v) is 2.85. The molecule has 0 fully saturated rings. The van der Waals surface area contributed by atoms with Crippen molar-refractivity contribution in [3.63, 3.8) is 0 Å². The summed E-state index contributed by atoms with van der Waals surface area (Å²) >= 11 is 0. The van der Waals surface area contributed by atoms with Gasteiger partial charge in [0.15, 0.2) is 0 Å². The van der Waals surface area contributed by atoms with Gasteiger partial charge in [-0.2, -0.15) is 0 Å². The summed E-state index contributed by atoms with van der Waals surface area (Å²) in [6, 6.07) is 0. The molecular formula is C7H11N. The fourth-order valence-corrected chi connectivity index (χ4v) is 0.710. The van der Waals surface area contributed by atoms with Gasteiger partial charge < -0.3 is 4.90 Å². The molecule has 0 amide bonds. The Bertz CT molecular complexity index is 124. The number of rotatable bonds is 0. The first-order chi connectivity index (χ1) is 3.79. The normalized spacial score (nSPS) is 19.6. The van der Waals surface area contributed by atoms with E-state index in [0.29, 0.717) is 0 Å². The van der Waals surface area contributed by atoms with Crippen molar-refractivity contribution >= 4 is 0 Å². The molecule has 0 aromatic carbocycles. The highest BCUT2D eigenvalue weighted by molar-refractivity contribution is 5.16. The summed E-state index contributed by atoms with van der Waals surface area (Å²) in [6.45, 7) is 4.96. The molecule has 8 heavy (non-hydrogen) atoms. The molecule has 0 saturated carbocycles. The van der Waals surface area contributed by atoms with Gasteiger partial charge in [0.25, 0.3) is 0 Å². The second-order valence-electron chi connectivity index (χ2n) is 2.20. The van der Waals surface area contributed by atoms with Gasteiger partial charge in [-0.3, -0.25) is 0 Å². The van der Waals surface area contributed by atoms with Crippen LogP contribution >= 0.6 is 0 Å². The van der Waals surface area contributed by atoms with E-state index in [9.17, 15) is 0 Å². The van der Waals surface area contributed by atoms with E-state index in [1.54, 1.807) is 0 Å². The molecule has 0 unspecified atom stereocenters. The minimum Gasteiger partial charge on any atom is -0.380 e. The SMILES string of the molecule is C=C1C=CN(C)CC1. The van der Waals surface area contributed by atoms with Gasteiger partial charge in [-0.25, -0.2) is 0 Å². The van der Waals surface area contributed by atoms with Crippen molar-refractivity contribution in [2.75, 3.05) is 13.6 Å². The molecule has 0 atom stereocenters. The van der Waals surface area contributed by atoms with Gasteiger partial charge >= 0.3 is 0 Å². The minimum atomic E-state index is 1.12. The van der Waals surface area contributed by atoms with E-state index in [2.05, 4.69) is 30.8 Å².